The third-order valence-electron chi connectivity index (χ3n) is 3.72. The van der Waals surface area contributed by atoms with Crippen molar-refractivity contribution in [3.63, 3.8) is 0 Å². The summed E-state index contributed by atoms with van der Waals surface area (Å²) in [5, 5.41) is 3.16. The van der Waals surface area contributed by atoms with Gasteiger partial charge in [0, 0.05) is 25.9 Å². The Morgan fingerprint density at radius 2 is 2.16 bits per heavy atom. The fourth-order valence-corrected chi connectivity index (χ4v) is 2.43. The van der Waals surface area contributed by atoms with E-state index in [9.17, 15) is 4.79 Å². The first-order valence-corrected chi connectivity index (χ1v) is 6.75. The molecule has 1 aromatic rings. The highest BCUT2D eigenvalue weighted by atomic mass is 16.5. The molecule has 0 aliphatic carbocycles. The van der Waals surface area contributed by atoms with Crippen molar-refractivity contribution in [2.24, 2.45) is 0 Å². The molecule has 104 valence electrons. The molecular weight excluding hydrogens is 240 g/mol. The zero-order valence-electron chi connectivity index (χ0n) is 11.7. The summed E-state index contributed by atoms with van der Waals surface area (Å²) in [5.74, 6) is 0.131. The number of hydrogen-bond acceptors (Lipinski definition) is 3. The van der Waals surface area contributed by atoms with Gasteiger partial charge in [0.05, 0.1) is 12.1 Å². The van der Waals surface area contributed by atoms with Gasteiger partial charge < -0.3 is 15.0 Å². The minimum absolute atomic E-state index is 0.131. The maximum Gasteiger partial charge on any atom is 0.241 e. The molecule has 1 fully saturated rings. The molecule has 2 rings (SSSR count). The third-order valence-corrected chi connectivity index (χ3v) is 3.72. The van der Waals surface area contributed by atoms with Crippen LogP contribution in [0.3, 0.4) is 0 Å². The number of likely N-dealkylation sites (tertiary alicyclic amines) is 1. The molecule has 1 aliphatic rings. The molecule has 1 aromatic carbocycles. The zero-order chi connectivity index (χ0) is 13.7. The first-order valence-electron chi connectivity index (χ1n) is 6.75. The molecule has 1 amide bonds. The number of nitrogens with one attached hydrogen (secondary N) is 1. The van der Waals surface area contributed by atoms with Crippen molar-refractivity contribution in [2.75, 3.05) is 32.1 Å². The zero-order valence-corrected chi connectivity index (χ0v) is 11.7. The lowest BCUT2D eigenvalue weighted by atomic mass is 9.95. The van der Waals surface area contributed by atoms with Crippen molar-refractivity contribution < 1.29 is 9.53 Å². The first-order chi connectivity index (χ1) is 9.13. The van der Waals surface area contributed by atoms with Gasteiger partial charge in [0.25, 0.3) is 0 Å². The largest absolute Gasteiger partial charge is 0.377 e. The van der Waals surface area contributed by atoms with Gasteiger partial charge >= 0.3 is 0 Å². The van der Waals surface area contributed by atoms with Crippen molar-refractivity contribution in [1.29, 1.82) is 0 Å². The van der Waals surface area contributed by atoms with Crippen LogP contribution < -0.4 is 5.32 Å². The average molecular weight is 262 g/mol. The number of amides is 1. The maximum atomic E-state index is 12.2. The van der Waals surface area contributed by atoms with Crippen LogP contribution in [0.1, 0.15) is 19.8 Å². The van der Waals surface area contributed by atoms with E-state index in [-0.39, 0.29) is 11.5 Å². The van der Waals surface area contributed by atoms with Crippen molar-refractivity contribution in [3.8, 4) is 0 Å². The van der Waals surface area contributed by atoms with E-state index in [1.807, 2.05) is 35.2 Å². The summed E-state index contributed by atoms with van der Waals surface area (Å²) in [6.07, 6.45) is 2.01. The molecule has 1 aliphatic heterocycles. The van der Waals surface area contributed by atoms with Crippen LogP contribution in [0, 0.1) is 0 Å². The molecule has 1 heterocycles. The van der Waals surface area contributed by atoms with Gasteiger partial charge in [0.15, 0.2) is 0 Å². The number of hydrogen-bond donors (Lipinski definition) is 1. The Balaban J connectivity index is 1.86. The first kappa shape index (κ1) is 13.9. The highest BCUT2D eigenvalue weighted by Gasteiger charge is 2.32. The molecule has 1 unspecified atom stereocenters. The van der Waals surface area contributed by atoms with Gasteiger partial charge in [-0.1, -0.05) is 18.2 Å². The fraction of sp³-hybridized carbons (Fsp3) is 0.533. The number of methoxy groups -OCH3 is 1. The smallest absolute Gasteiger partial charge is 0.241 e. The highest BCUT2D eigenvalue weighted by Crippen LogP contribution is 2.23. The minimum Gasteiger partial charge on any atom is -0.377 e. The predicted molar refractivity (Wildman–Crippen MR) is 76.2 cm³/mol. The van der Waals surface area contributed by atoms with Crippen LogP contribution in [-0.4, -0.2) is 43.2 Å². The van der Waals surface area contributed by atoms with Crippen LogP contribution in [0.2, 0.25) is 0 Å². The topological polar surface area (TPSA) is 41.6 Å². The summed E-state index contributed by atoms with van der Waals surface area (Å²) in [5.41, 5.74) is 0.781. The minimum atomic E-state index is -0.194. The molecule has 0 aromatic heterocycles. The standard InChI is InChI=1S/C15H22N2O2/c1-15(19-2)9-6-10-17(12-15)14(18)11-16-13-7-4-3-5-8-13/h3-5,7-8,16H,6,9-12H2,1-2H3. The van der Waals surface area contributed by atoms with Gasteiger partial charge in [-0.25, -0.2) is 0 Å². The average Bonchev–Trinajstić information content (AvgIpc) is 2.46. The molecule has 0 saturated carbocycles. The number of piperidine rings is 1. The van der Waals surface area contributed by atoms with E-state index in [1.165, 1.54) is 0 Å². The van der Waals surface area contributed by atoms with E-state index in [0.717, 1.165) is 25.1 Å². The Labute approximate surface area is 114 Å². The SMILES string of the molecule is COC1(C)CCCN(C(=O)CNc2ccccc2)C1. The Morgan fingerprint density at radius 1 is 1.42 bits per heavy atom. The van der Waals surface area contributed by atoms with Crippen LogP contribution in [0.25, 0.3) is 0 Å². The van der Waals surface area contributed by atoms with E-state index in [4.69, 9.17) is 4.74 Å². The Morgan fingerprint density at radius 3 is 2.84 bits per heavy atom. The summed E-state index contributed by atoms with van der Waals surface area (Å²) in [4.78, 5) is 14.1. The van der Waals surface area contributed by atoms with Crippen LogP contribution in [0.15, 0.2) is 30.3 Å². The number of ether oxygens (including phenoxy) is 1. The molecule has 1 N–H and O–H groups in total. The molecule has 0 bridgehead atoms. The lowest BCUT2D eigenvalue weighted by Crippen LogP contribution is -2.51. The normalized spacial score (nSPS) is 23.2. The summed E-state index contributed by atoms with van der Waals surface area (Å²) >= 11 is 0. The van der Waals surface area contributed by atoms with E-state index in [0.29, 0.717) is 13.1 Å². The number of anilines is 1. The lowest BCUT2D eigenvalue weighted by Gasteiger charge is -2.39. The predicted octanol–water partition coefficient (Wildman–Crippen LogP) is 2.13. The van der Waals surface area contributed by atoms with Crippen molar-refractivity contribution in [3.05, 3.63) is 30.3 Å². The monoisotopic (exact) mass is 262 g/mol. The molecule has 1 atom stereocenters. The van der Waals surface area contributed by atoms with Gasteiger partial charge in [-0.15, -0.1) is 0 Å². The van der Waals surface area contributed by atoms with Crippen LogP contribution in [0.5, 0.6) is 0 Å². The quantitative estimate of drug-likeness (QED) is 0.903. The van der Waals surface area contributed by atoms with Crippen LogP contribution in [-0.2, 0) is 9.53 Å². The number of carbonyl (C=O) groups excluding carboxylic acids is 1. The van der Waals surface area contributed by atoms with E-state index in [2.05, 4.69) is 12.2 Å². The second kappa shape index (κ2) is 6.06. The van der Waals surface area contributed by atoms with Gasteiger partial charge in [-0.3, -0.25) is 4.79 Å². The summed E-state index contributed by atoms with van der Waals surface area (Å²) < 4.78 is 5.51. The van der Waals surface area contributed by atoms with Crippen molar-refractivity contribution in [1.82, 2.24) is 4.90 Å². The van der Waals surface area contributed by atoms with Gasteiger partial charge in [-0.2, -0.15) is 0 Å². The van der Waals surface area contributed by atoms with E-state index >= 15 is 0 Å². The van der Waals surface area contributed by atoms with Crippen molar-refractivity contribution >= 4 is 11.6 Å². The summed E-state index contributed by atoms with van der Waals surface area (Å²) in [6.45, 7) is 3.91. The number of carbonyl (C=O) groups is 1. The second-order valence-corrected chi connectivity index (χ2v) is 5.29. The molecule has 4 heteroatoms. The van der Waals surface area contributed by atoms with Crippen molar-refractivity contribution in [2.45, 2.75) is 25.4 Å². The fourth-order valence-electron chi connectivity index (χ4n) is 2.43. The summed E-state index contributed by atoms with van der Waals surface area (Å²) in [6, 6.07) is 9.79. The number of rotatable bonds is 4. The second-order valence-electron chi connectivity index (χ2n) is 5.29. The highest BCUT2D eigenvalue weighted by molar-refractivity contribution is 5.81. The van der Waals surface area contributed by atoms with Crippen LogP contribution >= 0.6 is 0 Å². The molecule has 0 spiro atoms. The molecule has 19 heavy (non-hydrogen) atoms. The van der Waals surface area contributed by atoms with E-state index < -0.39 is 0 Å². The maximum absolute atomic E-state index is 12.2. The third kappa shape index (κ3) is 3.70. The summed E-state index contributed by atoms with van der Waals surface area (Å²) in [7, 11) is 1.72. The Bertz CT molecular complexity index is 421. The van der Waals surface area contributed by atoms with E-state index in [1.54, 1.807) is 7.11 Å². The molecule has 0 radical (unpaired) electrons. The Hall–Kier alpha value is -1.55. The van der Waals surface area contributed by atoms with Gasteiger partial charge in [0.2, 0.25) is 5.91 Å². The number of para-hydroxylation sites is 1. The molecule has 1 saturated heterocycles. The number of nitrogens with zero attached hydrogens (tertiary/aromatic N) is 1. The molecule has 4 nitrogen and oxygen atoms in total. The van der Waals surface area contributed by atoms with Gasteiger partial charge in [-0.05, 0) is 31.9 Å². The van der Waals surface area contributed by atoms with Gasteiger partial charge in [0.1, 0.15) is 0 Å². The van der Waals surface area contributed by atoms with Crippen LogP contribution in [0.4, 0.5) is 5.69 Å². The molecular formula is C15H22N2O2. The number of benzene rings is 1. The Kier molecular flexibility index (Phi) is 4.43. The lowest BCUT2D eigenvalue weighted by molar-refractivity contribution is -0.137.